The summed E-state index contributed by atoms with van der Waals surface area (Å²) >= 11 is 0. The van der Waals surface area contributed by atoms with E-state index in [2.05, 4.69) is 48.5 Å². The highest BCUT2D eigenvalue weighted by molar-refractivity contribution is 7.47. The Morgan fingerprint density at radius 1 is 0.276 bits per heavy atom. The lowest BCUT2D eigenvalue weighted by Crippen LogP contribution is -2.30. The van der Waals surface area contributed by atoms with Crippen LogP contribution in [0.4, 0.5) is 0 Å². The molecule has 0 aromatic carbocycles. The smallest absolute Gasteiger partial charge is 0.462 e. The number of esters is 4. The number of aliphatic hydroxyl groups excluding tert-OH is 1. The predicted molar refractivity (Wildman–Crippen MR) is 400 cm³/mol. The maximum absolute atomic E-state index is 13.1. The van der Waals surface area contributed by atoms with Gasteiger partial charge in [-0.05, 0) is 43.4 Å². The number of rotatable bonds is 77. The van der Waals surface area contributed by atoms with Crippen molar-refractivity contribution < 1.29 is 80.2 Å². The maximum atomic E-state index is 13.1. The van der Waals surface area contributed by atoms with Crippen molar-refractivity contribution >= 4 is 39.5 Å². The van der Waals surface area contributed by atoms with E-state index in [-0.39, 0.29) is 25.7 Å². The molecule has 0 amide bonds. The molecule has 0 aliphatic carbocycles. The van der Waals surface area contributed by atoms with Crippen LogP contribution in [0.5, 0.6) is 0 Å². The summed E-state index contributed by atoms with van der Waals surface area (Å²) in [6.07, 6.45) is 57.0. The molecule has 0 rings (SSSR count). The van der Waals surface area contributed by atoms with Crippen LogP contribution >= 0.6 is 15.6 Å². The van der Waals surface area contributed by atoms with Gasteiger partial charge in [-0.25, -0.2) is 9.13 Å². The number of carbonyl (C=O) groups excluding carboxylic acids is 4. The van der Waals surface area contributed by atoms with Crippen LogP contribution in [-0.2, 0) is 65.4 Å². The van der Waals surface area contributed by atoms with Gasteiger partial charge >= 0.3 is 39.5 Å². The second-order valence-corrected chi connectivity index (χ2v) is 32.8. The molecule has 5 atom stereocenters. The van der Waals surface area contributed by atoms with E-state index in [1.165, 1.54) is 212 Å². The van der Waals surface area contributed by atoms with Crippen LogP contribution in [0.2, 0.25) is 0 Å². The molecule has 0 radical (unpaired) electrons. The van der Waals surface area contributed by atoms with Crippen molar-refractivity contribution in [2.75, 3.05) is 39.6 Å². The fourth-order valence-electron chi connectivity index (χ4n) is 12.1. The zero-order valence-corrected chi connectivity index (χ0v) is 66.0. The average molecular weight is 1440 g/mol. The van der Waals surface area contributed by atoms with Gasteiger partial charge in [0, 0.05) is 25.7 Å². The lowest BCUT2D eigenvalue weighted by Gasteiger charge is -2.21. The minimum absolute atomic E-state index is 0.105. The van der Waals surface area contributed by atoms with Gasteiger partial charge in [-0.2, -0.15) is 0 Å². The van der Waals surface area contributed by atoms with Gasteiger partial charge < -0.3 is 33.8 Å². The van der Waals surface area contributed by atoms with Crippen LogP contribution in [0.3, 0.4) is 0 Å². The number of unbranched alkanes of at least 4 members (excludes halogenated alkanes) is 45. The van der Waals surface area contributed by atoms with Crippen LogP contribution < -0.4 is 0 Å². The van der Waals surface area contributed by atoms with E-state index < -0.39 is 97.5 Å². The van der Waals surface area contributed by atoms with E-state index in [4.69, 9.17) is 37.0 Å². The second-order valence-electron chi connectivity index (χ2n) is 29.9. The van der Waals surface area contributed by atoms with Crippen LogP contribution in [0.15, 0.2) is 0 Å². The molecule has 2 unspecified atom stereocenters. The molecule has 0 saturated carbocycles. The lowest BCUT2D eigenvalue weighted by atomic mass is 10.0. The van der Waals surface area contributed by atoms with E-state index in [0.29, 0.717) is 31.6 Å². The maximum Gasteiger partial charge on any atom is 0.472 e. The Morgan fingerprint density at radius 2 is 0.469 bits per heavy atom. The van der Waals surface area contributed by atoms with Crippen LogP contribution in [0.1, 0.15) is 408 Å². The molecular formula is C79H154O17P2. The summed E-state index contributed by atoms with van der Waals surface area (Å²) in [5.41, 5.74) is 0. The molecule has 0 spiro atoms. The summed E-state index contributed by atoms with van der Waals surface area (Å²) in [6, 6.07) is 0. The molecule has 0 heterocycles. The molecule has 98 heavy (non-hydrogen) atoms. The standard InChI is InChI=1S/C79H154O17P2/c1-8-9-10-11-12-13-14-15-16-17-18-19-20-21-22-27-33-40-48-55-62-78(83)95-74(66-89-76(81)60-53-46-39-32-26-24-23-25-30-36-43-50-57-70(2)3)68-93-97(85,86)91-64-73(80)65-92-98(87,88)94-69-75(67-90-77(82)61-54-47-42-35-38-45-52-59-72(6)7)96-79(84)63-56-49-41-34-29-28-31-37-44-51-58-71(4)5/h70-75,80H,8-69H2,1-7H3,(H,85,86)(H,87,88)/t73-,74-,75-/m1/s1. The molecule has 0 aromatic rings. The normalized spacial score (nSPS) is 14.0. The molecule has 0 fully saturated rings. The first-order valence-corrected chi connectivity index (χ1v) is 43.8. The number of ether oxygens (including phenoxy) is 4. The van der Waals surface area contributed by atoms with Gasteiger partial charge in [0.25, 0.3) is 0 Å². The Bertz CT molecular complexity index is 1900. The number of hydrogen-bond donors (Lipinski definition) is 3. The van der Waals surface area contributed by atoms with Gasteiger partial charge in [-0.15, -0.1) is 0 Å². The SMILES string of the molecule is CCCCCCCCCCCCCCCCCCCCCCC(=O)O[C@H](COC(=O)CCCCCCCCCCCCCCC(C)C)COP(=O)(O)OC[C@@H](O)COP(=O)(O)OC[C@@H](COC(=O)CCCCCCCCCC(C)C)OC(=O)CCCCCCCCCCCCC(C)C. The Balaban J connectivity index is 5.23. The molecule has 19 heteroatoms. The van der Waals surface area contributed by atoms with Crippen molar-refractivity contribution in [1.29, 1.82) is 0 Å². The monoisotopic (exact) mass is 1440 g/mol. The molecule has 17 nitrogen and oxygen atoms in total. The van der Waals surface area contributed by atoms with Gasteiger partial charge in [0.1, 0.15) is 19.3 Å². The Kier molecular flexibility index (Phi) is 68.1. The van der Waals surface area contributed by atoms with Gasteiger partial charge in [0.2, 0.25) is 0 Å². The van der Waals surface area contributed by atoms with Gasteiger partial charge in [-0.1, -0.05) is 357 Å². The summed E-state index contributed by atoms with van der Waals surface area (Å²) in [7, 11) is -9.92. The highest BCUT2D eigenvalue weighted by Crippen LogP contribution is 2.45. The van der Waals surface area contributed by atoms with Crippen LogP contribution in [-0.4, -0.2) is 96.7 Å². The quantitative estimate of drug-likeness (QED) is 0.0222. The van der Waals surface area contributed by atoms with E-state index in [1.807, 2.05) is 0 Å². The first kappa shape index (κ1) is 96.1. The van der Waals surface area contributed by atoms with Crippen molar-refractivity contribution in [1.82, 2.24) is 0 Å². The molecule has 0 aliphatic rings. The number of hydrogen-bond acceptors (Lipinski definition) is 15. The summed E-state index contributed by atoms with van der Waals surface area (Å²) in [4.78, 5) is 72.9. The van der Waals surface area contributed by atoms with Crippen molar-refractivity contribution in [2.24, 2.45) is 17.8 Å². The molecule has 582 valence electrons. The Morgan fingerprint density at radius 3 is 0.694 bits per heavy atom. The lowest BCUT2D eigenvalue weighted by molar-refractivity contribution is -0.161. The summed E-state index contributed by atoms with van der Waals surface area (Å²) in [5.74, 6) is 0.123. The van der Waals surface area contributed by atoms with E-state index in [9.17, 15) is 43.2 Å². The average Bonchev–Trinajstić information content (AvgIpc) is 1.01. The number of phosphoric acid groups is 2. The van der Waals surface area contributed by atoms with Crippen LogP contribution in [0, 0.1) is 17.8 Å². The van der Waals surface area contributed by atoms with E-state index in [0.717, 1.165) is 108 Å². The van der Waals surface area contributed by atoms with Gasteiger partial charge in [0.05, 0.1) is 26.4 Å². The van der Waals surface area contributed by atoms with Crippen molar-refractivity contribution in [3.05, 3.63) is 0 Å². The number of aliphatic hydroxyl groups is 1. The molecule has 0 aliphatic heterocycles. The minimum atomic E-state index is -4.96. The fourth-order valence-corrected chi connectivity index (χ4v) is 13.7. The van der Waals surface area contributed by atoms with E-state index >= 15 is 0 Å². The fraction of sp³-hybridized carbons (Fsp3) is 0.949. The van der Waals surface area contributed by atoms with Crippen LogP contribution in [0.25, 0.3) is 0 Å². The van der Waals surface area contributed by atoms with Crippen molar-refractivity contribution in [3.63, 3.8) is 0 Å². The summed E-state index contributed by atoms with van der Waals surface area (Å²) < 4.78 is 68.6. The Hall–Kier alpha value is -1.94. The molecule has 0 bridgehead atoms. The zero-order chi connectivity index (χ0) is 72.3. The molecule has 3 N–H and O–H groups in total. The minimum Gasteiger partial charge on any atom is -0.462 e. The first-order chi connectivity index (χ1) is 47.2. The third-order valence-corrected chi connectivity index (χ3v) is 20.3. The topological polar surface area (TPSA) is 237 Å². The molecule has 0 aromatic heterocycles. The zero-order valence-electron chi connectivity index (χ0n) is 64.3. The highest BCUT2D eigenvalue weighted by Gasteiger charge is 2.30. The second kappa shape index (κ2) is 69.4. The van der Waals surface area contributed by atoms with E-state index in [1.54, 1.807) is 0 Å². The van der Waals surface area contributed by atoms with Gasteiger partial charge in [-0.3, -0.25) is 37.3 Å². The highest BCUT2D eigenvalue weighted by atomic mass is 31.2. The number of phosphoric ester groups is 2. The van der Waals surface area contributed by atoms with Crippen molar-refractivity contribution in [2.45, 2.75) is 426 Å². The van der Waals surface area contributed by atoms with Crippen molar-refractivity contribution in [3.8, 4) is 0 Å². The number of carbonyl (C=O) groups is 4. The molecular weight excluding hydrogens is 1280 g/mol. The summed E-state index contributed by atoms with van der Waals surface area (Å²) in [5, 5.41) is 10.6. The predicted octanol–water partition coefficient (Wildman–Crippen LogP) is 23.4. The Labute approximate surface area is 600 Å². The largest absolute Gasteiger partial charge is 0.472 e. The third-order valence-electron chi connectivity index (χ3n) is 18.4. The first-order valence-electron chi connectivity index (χ1n) is 40.8. The third kappa shape index (κ3) is 72.4. The molecule has 0 saturated heterocycles. The van der Waals surface area contributed by atoms with Gasteiger partial charge in [0.15, 0.2) is 12.2 Å². The summed E-state index contributed by atoms with van der Waals surface area (Å²) in [6.45, 7) is 11.9.